The molecular formula is C15H14N2O3S. The Bertz CT molecular complexity index is 735. The molecule has 0 amide bonds. The van der Waals surface area contributed by atoms with Gasteiger partial charge in [-0.05, 0) is 29.8 Å². The van der Waals surface area contributed by atoms with Crippen LogP contribution in [0.25, 0.3) is 0 Å². The molecule has 0 saturated carbocycles. The van der Waals surface area contributed by atoms with Crippen LogP contribution in [0.1, 0.15) is 17.2 Å². The molecule has 0 aliphatic heterocycles. The average molecular weight is 302 g/mol. The van der Waals surface area contributed by atoms with Crippen LogP contribution in [0, 0.1) is 11.3 Å². The first-order valence-electron chi connectivity index (χ1n) is 6.26. The van der Waals surface area contributed by atoms with Crippen LogP contribution in [0.4, 0.5) is 0 Å². The summed E-state index contributed by atoms with van der Waals surface area (Å²) in [6.07, 6.45) is -0.917. The predicted octanol–water partition coefficient (Wildman–Crippen LogP) is 1.57. The Hall–Kier alpha value is -2.20. The molecule has 0 spiro atoms. The third-order valence-electron chi connectivity index (χ3n) is 2.94. The average Bonchev–Trinajstić information content (AvgIpc) is 2.53. The summed E-state index contributed by atoms with van der Waals surface area (Å²) in [4.78, 5) is 0.0572. The monoisotopic (exact) mass is 302 g/mol. The molecule has 0 aliphatic rings. The summed E-state index contributed by atoms with van der Waals surface area (Å²) in [6, 6.07) is 16.3. The number of aliphatic hydroxyl groups excluding tert-OH is 1. The molecule has 1 atom stereocenters. The number of hydrogen-bond donors (Lipinski definition) is 2. The molecule has 5 nitrogen and oxygen atoms in total. The predicted molar refractivity (Wildman–Crippen MR) is 77.7 cm³/mol. The maximum Gasteiger partial charge on any atom is 0.240 e. The molecule has 0 radical (unpaired) electrons. The largest absolute Gasteiger partial charge is 0.387 e. The molecule has 1 unspecified atom stereocenters. The standard InChI is InChI=1S/C15H14N2O3S/c16-10-12-6-8-14(9-7-12)21(19,20)17-11-15(18)13-4-2-1-3-5-13/h1-9,15,17-18H,11H2. The van der Waals surface area contributed by atoms with E-state index in [1.165, 1.54) is 24.3 Å². The van der Waals surface area contributed by atoms with Crippen molar-refractivity contribution in [3.05, 3.63) is 65.7 Å². The number of nitrogens with zero attached hydrogens (tertiary/aromatic N) is 1. The van der Waals surface area contributed by atoms with Gasteiger partial charge in [-0.15, -0.1) is 0 Å². The molecular weight excluding hydrogens is 288 g/mol. The van der Waals surface area contributed by atoms with Crippen LogP contribution in [0.15, 0.2) is 59.5 Å². The molecule has 2 rings (SSSR count). The van der Waals surface area contributed by atoms with Crippen molar-refractivity contribution in [2.75, 3.05) is 6.54 Å². The third kappa shape index (κ3) is 3.89. The minimum absolute atomic E-state index is 0.0572. The Morgan fingerprint density at radius 3 is 2.29 bits per heavy atom. The SMILES string of the molecule is N#Cc1ccc(S(=O)(=O)NCC(O)c2ccccc2)cc1. The van der Waals surface area contributed by atoms with Crippen LogP contribution < -0.4 is 4.72 Å². The van der Waals surface area contributed by atoms with Gasteiger partial charge >= 0.3 is 0 Å². The van der Waals surface area contributed by atoms with Crippen LogP contribution in [-0.4, -0.2) is 20.1 Å². The Kier molecular flexibility index (Phi) is 4.70. The van der Waals surface area contributed by atoms with E-state index in [4.69, 9.17) is 5.26 Å². The van der Waals surface area contributed by atoms with Crippen LogP contribution >= 0.6 is 0 Å². The quantitative estimate of drug-likeness (QED) is 0.877. The zero-order valence-electron chi connectivity index (χ0n) is 11.1. The molecule has 2 N–H and O–H groups in total. The lowest BCUT2D eigenvalue weighted by atomic mass is 10.1. The third-order valence-corrected chi connectivity index (χ3v) is 4.38. The molecule has 6 heteroatoms. The van der Waals surface area contributed by atoms with Crippen molar-refractivity contribution >= 4 is 10.0 Å². The van der Waals surface area contributed by atoms with Crippen LogP contribution in [0.5, 0.6) is 0 Å². The second-order valence-electron chi connectivity index (χ2n) is 4.41. The van der Waals surface area contributed by atoms with Gasteiger partial charge in [-0.3, -0.25) is 0 Å². The first-order chi connectivity index (χ1) is 10.0. The summed E-state index contributed by atoms with van der Waals surface area (Å²) in [5.41, 5.74) is 1.03. The van der Waals surface area contributed by atoms with Crippen molar-refractivity contribution in [2.45, 2.75) is 11.0 Å². The lowest BCUT2D eigenvalue weighted by Gasteiger charge is -2.12. The van der Waals surface area contributed by atoms with Gasteiger partial charge in [0.05, 0.1) is 22.6 Å². The first-order valence-corrected chi connectivity index (χ1v) is 7.74. The van der Waals surface area contributed by atoms with E-state index < -0.39 is 16.1 Å². The summed E-state index contributed by atoms with van der Waals surface area (Å²) in [6.45, 7) is -0.119. The number of nitrogens with one attached hydrogen (secondary N) is 1. The van der Waals surface area contributed by atoms with Gasteiger partial charge in [0.2, 0.25) is 10.0 Å². The van der Waals surface area contributed by atoms with E-state index in [0.717, 1.165) is 0 Å². The van der Waals surface area contributed by atoms with Crippen molar-refractivity contribution in [3.8, 4) is 6.07 Å². The summed E-state index contributed by atoms with van der Waals surface area (Å²) in [5, 5.41) is 18.6. The summed E-state index contributed by atoms with van der Waals surface area (Å²) in [7, 11) is -3.71. The Labute approximate surface area is 123 Å². The van der Waals surface area contributed by atoms with Crippen LogP contribution in [-0.2, 0) is 10.0 Å². The number of rotatable bonds is 5. The lowest BCUT2D eigenvalue weighted by molar-refractivity contribution is 0.182. The van der Waals surface area contributed by atoms with Crippen molar-refractivity contribution in [1.82, 2.24) is 4.72 Å². The molecule has 0 heterocycles. The minimum atomic E-state index is -3.71. The molecule has 108 valence electrons. The molecule has 0 saturated heterocycles. The lowest BCUT2D eigenvalue weighted by Crippen LogP contribution is -2.28. The molecule has 0 fully saturated rings. The normalized spacial score (nSPS) is 12.6. The van der Waals surface area contributed by atoms with Gasteiger partial charge in [-0.25, -0.2) is 13.1 Å². The molecule has 0 bridgehead atoms. The molecule has 0 aromatic heterocycles. The van der Waals surface area contributed by atoms with Gasteiger partial charge < -0.3 is 5.11 Å². The molecule has 21 heavy (non-hydrogen) atoms. The maximum atomic E-state index is 12.1. The summed E-state index contributed by atoms with van der Waals surface area (Å²) in [5.74, 6) is 0. The number of hydrogen-bond acceptors (Lipinski definition) is 4. The van der Waals surface area contributed by atoms with Crippen LogP contribution in [0.2, 0.25) is 0 Å². The van der Waals surface area contributed by atoms with E-state index in [0.29, 0.717) is 11.1 Å². The minimum Gasteiger partial charge on any atom is -0.387 e. The topological polar surface area (TPSA) is 90.2 Å². The zero-order valence-corrected chi connectivity index (χ0v) is 11.9. The fraction of sp³-hybridized carbons (Fsp3) is 0.133. The van der Waals surface area contributed by atoms with E-state index >= 15 is 0 Å². The maximum absolute atomic E-state index is 12.1. The smallest absolute Gasteiger partial charge is 0.240 e. The van der Waals surface area contributed by atoms with Crippen molar-refractivity contribution in [1.29, 1.82) is 5.26 Å². The second kappa shape index (κ2) is 6.50. The Balaban J connectivity index is 2.06. The Morgan fingerprint density at radius 2 is 1.71 bits per heavy atom. The molecule has 0 aliphatic carbocycles. The summed E-state index contributed by atoms with van der Waals surface area (Å²) >= 11 is 0. The number of aliphatic hydroxyl groups is 1. The van der Waals surface area contributed by atoms with Gasteiger partial charge in [0.25, 0.3) is 0 Å². The second-order valence-corrected chi connectivity index (χ2v) is 6.18. The number of sulfonamides is 1. The zero-order chi connectivity index (χ0) is 15.3. The fourth-order valence-corrected chi connectivity index (χ4v) is 2.81. The van der Waals surface area contributed by atoms with E-state index in [9.17, 15) is 13.5 Å². The van der Waals surface area contributed by atoms with E-state index in [2.05, 4.69) is 4.72 Å². The van der Waals surface area contributed by atoms with E-state index in [-0.39, 0.29) is 11.4 Å². The fourth-order valence-electron chi connectivity index (χ4n) is 1.77. The number of nitriles is 1. The van der Waals surface area contributed by atoms with Gasteiger partial charge in [0.15, 0.2) is 0 Å². The van der Waals surface area contributed by atoms with Crippen molar-refractivity contribution in [2.24, 2.45) is 0 Å². The van der Waals surface area contributed by atoms with E-state index in [1.807, 2.05) is 12.1 Å². The molecule has 2 aromatic rings. The van der Waals surface area contributed by atoms with Crippen molar-refractivity contribution < 1.29 is 13.5 Å². The highest BCUT2D eigenvalue weighted by Gasteiger charge is 2.16. The van der Waals surface area contributed by atoms with Gasteiger partial charge in [-0.1, -0.05) is 30.3 Å². The highest BCUT2D eigenvalue weighted by molar-refractivity contribution is 7.89. The van der Waals surface area contributed by atoms with Gasteiger partial charge in [0, 0.05) is 6.54 Å². The Morgan fingerprint density at radius 1 is 1.10 bits per heavy atom. The molecule has 2 aromatic carbocycles. The van der Waals surface area contributed by atoms with E-state index in [1.54, 1.807) is 24.3 Å². The number of benzene rings is 2. The summed E-state index contributed by atoms with van der Waals surface area (Å²) < 4.78 is 26.5. The van der Waals surface area contributed by atoms with Crippen LogP contribution in [0.3, 0.4) is 0 Å². The highest BCUT2D eigenvalue weighted by Crippen LogP contribution is 2.14. The van der Waals surface area contributed by atoms with Gasteiger partial charge in [0.1, 0.15) is 0 Å². The van der Waals surface area contributed by atoms with Gasteiger partial charge in [-0.2, -0.15) is 5.26 Å². The highest BCUT2D eigenvalue weighted by atomic mass is 32.2. The first kappa shape index (κ1) is 15.2. The van der Waals surface area contributed by atoms with Crippen molar-refractivity contribution in [3.63, 3.8) is 0 Å².